The van der Waals surface area contributed by atoms with Gasteiger partial charge < -0.3 is 14.4 Å². The highest BCUT2D eigenvalue weighted by atomic mass is 16.6. The molecule has 5 heteroatoms. The molecule has 3 aromatic carbocycles. The first-order chi connectivity index (χ1) is 16.2. The van der Waals surface area contributed by atoms with E-state index in [-0.39, 0.29) is 18.8 Å². The molecule has 0 bridgehead atoms. The number of allylic oxidation sites excluding steroid dienone is 1. The van der Waals surface area contributed by atoms with Gasteiger partial charge in [0, 0.05) is 18.8 Å². The van der Waals surface area contributed by atoms with Crippen molar-refractivity contribution in [3.05, 3.63) is 119 Å². The molecule has 5 nitrogen and oxygen atoms in total. The summed E-state index contributed by atoms with van der Waals surface area (Å²) in [4.78, 5) is 28.4. The first-order valence-electron chi connectivity index (χ1n) is 11.1. The SMILES string of the molecule is O=C(OCc1ccccc1)C(C(=O)OCc1ccccc1)=C1CCCN1Cc1ccccc1. The zero-order valence-electron chi connectivity index (χ0n) is 18.5. The van der Waals surface area contributed by atoms with Gasteiger partial charge in [0.2, 0.25) is 0 Å². The fraction of sp³-hybridized carbons (Fsp3) is 0.214. The summed E-state index contributed by atoms with van der Waals surface area (Å²) in [6.07, 6.45) is 1.49. The van der Waals surface area contributed by atoms with E-state index in [1.807, 2.05) is 91.0 Å². The predicted octanol–water partition coefficient (Wildman–Crippen LogP) is 5.02. The molecule has 4 rings (SSSR count). The van der Waals surface area contributed by atoms with Crippen molar-refractivity contribution in [2.75, 3.05) is 6.54 Å². The second-order valence-corrected chi connectivity index (χ2v) is 7.96. The van der Waals surface area contributed by atoms with E-state index in [1.165, 1.54) is 0 Å². The molecule has 1 fully saturated rings. The average Bonchev–Trinajstić information content (AvgIpc) is 3.31. The van der Waals surface area contributed by atoms with Crippen molar-refractivity contribution in [2.45, 2.75) is 32.6 Å². The van der Waals surface area contributed by atoms with Crippen LogP contribution in [-0.4, -0.2) is 23.4 Å². The molecule has 0 radical (unpaired) electrons. The van der Waals surface area contributed by atoms with E-state index in [1.54, 1.807) is 0 Å². The third-order valence-electron chi connectivity index (χ3n) is 5.56. The van der Waals surface area contributed by atoms with Gasteiger partial charge in [-0.15, -0.1) is 0 Å². The van der Waals surface area contributed by atoms with Gasteiger partial charge in [-0.2, -0.15) is 0 Å². The van der Waals surface area contributed by atoms with Crippen molar-refractivity contribution < 1.29 is 19.1 Å². The minimum atomic E-state index is -0.646. The van der Waals surface area contributed by atoms with Crippen LogP contribution in [0, 0.1) is 0 Å². The van der Waals surface area contributed by atoms with Crippen LogP contribution in [0.1, 0.15) is 29.5 Å². The largest absolute Gasteiger partial charge is 0.457 e. The molecule has 1 aliphatic rings. The summed E-state index contributed by atoms with van der Waals surface area (Å²) in [7, 11) is 0. The van der Waals surface area contributed by atoms with Gasteiger partial charge in [-0.05, 0) is 29.5 Å². The monoisotopic (exact) mass is 441 g/mol. The highest BCUT2D eigenvalue weighted by Gasteiger charge is 2.31. The van der Waals surface area contributed by atoms with Gasteiger partial charge in [0.05, 0.1) is 0 Å². The molecule has 3 aromatic rings. The molecule has 168 valence electrons. The Bertz CT molecular complexity index is 1040. The van der Waals surface area contributed by atoms with Crippen LogP contribution in [0.4, 0.5) is 0 Å². The zero-order chi connectivity index (χ0) is 22.9. The van der Waals surface area contributed by atoms with Gasteiger partial charge in [-0.25, -0.2) is 9.59 Å². The number of ether oxygens (including phenoxy) is 2. The highest BCUT2D eigenvalue weighted by molar-refractivity contribution is 6.14. The van der Waals surface area contributed by atoms with Crippen LogP contribution < -0.4 is 0 Å². The number of carbonyl (C=O) groups excluding carboxylic acids is 2. The lowest BCUT2D eigenvalue weighted by atomic mass is 10.1. The maximum Gasteiger partial charge on any atom is 0.347 e. The Morgan fingerprint density at radius 2 is 1.12 bits per heavy atom. The number of nitrogens with zero attached hydrogens (tertiary/aromatic N) is 1. The van der Waals surface area contributed by atoms with Crippen LogP contribution >= 0.6 is 0 Å². The van der Waals surface area contributed by atoms with E-state index >= 15 is 0 Å². The number of esters is 2. The molecule has 0 N–H and O–H groups in total. The van der Waals surface area contributed by atoms with Crippen molar-refractivity contribution in [1.29, 1.82) is 0 Å². The molecule has 0 aliphatic carbocycles. The standard InChI is InChI=1S/C28H27NO4/c30-27(32-20-23-13-6-2-7-14-23)26(28(31)33-21-24-15-8-3-9-16-24)25-17-10-18-29(25)19-22-11-4-1-5-12-22/h1-9,11-16H,10,17-21H2. The number of benzene rings is 3. The lowest BCUT2D eigenvalue weighted by Crippen LogP contribution is -2.26. The van der Waals surface area contributed by atoms with Gasteiger partial charge in [0.25, 0.3) is 0 Å². The van der Waals surface area contributed by atoms with Crippen molar-refractivity contribution >= 4 is 11.9 Å². The van der Waals surface area contributed by atoms with Crippen molar-refractivity contribution in [3.8, 4) is 0 Å². The maximum atomic E-state index is 13.1. The predicted molar refractivity (Wildman–Crippen MR) is 126 cm³/mol. The van der Waals surface area contributed by atoms with E-state index in [4.69, 9.17) is 9.47 Å². The summed E-state index contributed by atoms with van der Waals surface area (Å²) >= 11 is 0. The fourth-order valence-corrected chi connectivity index (χ4v) is 3.90. The molecule has 1 heterocycles. The van der Waals surface area contributed by atoms with E-state index < -0.39 is 11.9 Å². The van der Waals surface area contributed by atoms with Gasteiger partial charge in [-0.1, -0.05) is 91.0 Å². The molecule has 33 heavy (non-hydrogen) atoms. The van der Waals surface area contributed by atoms with E-state index in [2.05, 4.69) is 4.90 Å². The molecule has 1 saturated heterocycles. The summed E-state index contributed by atoms with van der Waals surface area (Å²) in [6.45, 7) is 1.59. The zero-order valence-corrected chi connectivity index (χ0v) is 18.5. The number of hydrogen-bond donors (Lipinski definition) is 0. The Morgan fingerprint density at radius 3 is 1.61 bits per heavy atom. The minimum Gasteiger partial charge on any atom is -0.457 e. The Hall–Kier alpha value is -3.86. The number of carbonyl (C=O) groups is 2. The van der Waals surface area contributed by atoms with Crippen LogP contribution in [0.25, 0.3) is 0 Å². The first kappa shape index (κ1) is 22.3. The molecule has 0 unspecified atom stereocenters. The second-order valence-electron chi connectivity index (χ2n) is 7.96. The summed E-state index contributed by atoms with van der Waals surface area (Å²) in [5, 5.41) is 0. The van der Waals surface area contributed by atoms with Gasteiger partial charge in [0.15, 0.2) is 5.57 Å². The van der Waals surface area contributed by atoms with Gasteiger partial charge in [-0.3, -0.25) is 0 Å². The quantitative estimate of drug-likeness (QED) is 0.213. The number of hydrogen-bond acceptors (Lipinski definition) is 5. The van der Waals surface area contributed by atoms with Crippen LogP contribution in [-0.2, 0) is 38.8 Å². The Balaban J connectivity index is 1.56. The molecule has 0 amide bonds. The third-order valence-corrected chi connectivity index (χ3v) is 5.56. The number of rotatable bonds is 8. The molecule has 1 aliphatic heterocycles. The van der Waals surface area contributed by atoms with Crippen LogP contribution in [0.15, 0.2) is 102 Å². The Morgan fingerprint density at radius 1 is 0.667 bits per heavy atom. The van der Waals surface area contributed by atoms with Crippen molar-refractivity contribution in [2.24, 2.45) is 0 Å². The smallest absolute Gasteiger partial charge is 0.347 e. The third kappa shape index (κ3) is 6.10. The van der Waals surface area contributed by atoms with Gasteiger partial charge >= 0.3 is 11.9 Å². The van der Waals surface area contributed by atoms with Crippen LogP contribution in [0.2, 0.25) is 0 Å². The Labute approximate surface area is 194 Å². The van der Waals surface area contributed by atoms with Crippen molar-refractivity contribution in [3.63, 3.8) is 0 Å². The van der Waals surface area contributed by atoms with Crippen molar-refractivity contribution in [1.82, 2.24) is 4.90 Å². The number of likely N-dealkylation sites (tertiary alicyclic amines) is 1. The molecular weight excluding hydrogens is 414 g/mol. The van der Waals surface area contributed by atoms with Crippen LogP contribution in [0.3, 0.4) is 0 Å². The second kappa shape index (κ2) is 11.1. The van der Waals surface area contributed by atoms with E-state index in [0.717, 1.165) is 29.7 Å². The lowest BCUT2D eigenvalue weighted by molar-refractivity contribution is -0.148. The molecular formula is C28H27NO4. The van der Waals surface area contributed by atoms with E-state index in [9.17, 15) is 9.59 Å². The topological polar surface area (TPSA) is 55.8 Å². The molecule has 0 spiro atoms. The molecule has 0 aromatic heterocycles. The fourth-order valence-electron chi connectivity index (χ4n) is 3.90. The normalized spacial score (nSPS) is 13.0. The molecule has 0 saturated carbocycles. The van der Waals surface area contributed by atoms with Gasteiger partial charge in [0.1, 0.15) is 13.2 Å². The first-order valence-corrected chi connectivity index (χ1v) is 11.1. The summed E-state index contributed by atoms with van der Waals surface area (Å²) < 4.78 is 11.1. The summed E-state index contributed by atoms with van der Waals surface area (Å²) in [5.74, 6) is -1.29. The van der Waals surface area contributed by atoms with Crippen LogP contribution in [0.5, 0.6) is 0 Å². The lowest BCUT2D eigenvalue weighted by Gasteiger charge is -2.22. The van der Waals surface area contributed by atoms with E-state index in [0.29, 0.717) is 18.7 Å². The summed E-state index contributed by atoms with van der Waals surface area (Å²) in [6, 6.07) is 28.9. The maximum absolute atomic E-state index is 13.1. The summed E-state index contributed by atoms with van der Waals surface area (Å²) in [5.41, 5.74) is 3.53. The molecule has 0 atom stereocenters. The average molecular weight is 442 g/mol. The highest BCUT2D eigenvalue weighted by Crippen LogP contribution is 2.28. The Kier molecular flexibility index (Phi) is 7.54. The minimum absolute atomic E-state index is 0.00436.